The minimum absolute atomic E-state index is 0.486. The number of rotatable bonds is 3. The molecule has 0 radical (unpaired) electrons. The van der Waals surface area contributed by atoms with Crippen LogP contribution in [0.3, 0.4) is 0 Å². The lowest BCUT2D eigenvalue weighted by Gasteiger charge is -2.24. The van der Waals surface area contributed by atoms with E-state index in [9.17, 15) is 0 Å². The fraction of sp³-hybridized carbons (Fsp3) is 1.00. The highest BCUT2D eigenvalue weighted by Gasteiger charge is 2.54. The van der Waals surface area contributed by atoms with Crippen molar-refractivity contribution in [3.05, 3.63) is 0 Å². The zero-order valence-corrected chi connectivity index (χ0v) is 9.79. The molecule has 1 aliphatic carbocycles. The molecule has 1 saturated heterocycles. The lowest BCUT2D eigenvalue weighted by atomic mass is 9.92. The summed E-state index contributed by atoms with van der Waals surface area (Å²) in [6.45, 7) is 11.8. The van der Waals surface area contributed by atoms with Crippen LogP contribution >= 0.6 is 0 Å². The maximum Gasteiger partial charge on any atom is 0.00163 e. The first-order valence-electron chi connectivity index (χ1n) is 5.94. The van der Waals surface area contributed by atoms with Gasteiger partial charge in [-0.1, -0.05) is 20.8 Å². The Labute approximate surface area is 87.8 Å². The lowest BCUT2D eigenvalue weighted by molar-refractivity contribution is 0.237. The topological polar surface area (TPSA) is 29.3 Å². The molecule has 2 unspecified atom stereocenters. The fourth-order valence-corrected chi connectivity index (χ4v) is 2.76. The normalized spacial score (nSPS) is 37.3. The monoisotopic (exact) mass is 196 g/mol. The first-order chi connectivity index (χ1) is 6.51. The van der Waals surface area contributed by atoms with E-state index in [1.807, 2.05) is 0 Å². The molecule has 2 heteroatoms. The molecule has 2 atom stereocenters. The van der Waals surface area contributed by atoms with Crippen molar-refractivity contribution in [1.29, 1.82) is 0 Å². The van der Waals surface area contributed by atoms with Crippen LogP contribution in [0.4, 0.5) is 0 Å². The molecule has 0 amide bonds. The van der Waals surface area contributed by atoms with Gasteiger partial charge in [0.1, 0.15) is 0 Å². The molecule has 14 heavy (non-hydrogen) atoms. The van der Waals surface area contributed by atoms with Crippen LogP contribution in [0.15, 0.2) is 0 Å². The molecule has 0 aromatic heterocycles. The maximum absolute atomic E-state index is 5.69. The summed E-state index contributed by atoms with van der Waals surface area (Å²) >= 11 is 0. The summed E-state index contributed by atoms with van der Waals surface area (Å²) in [5, 5.41) is 0. The van der Waals surface area contributed by atoms with Crippen molar-refractivity contribution in [2.24, 2.45) is 28.9 Å². The van der Waals surface area contributed by atoms with Gasteiger partial charge in [-0.15, -0.1) is 0 Å². The Bertz CT molecular complexity index is 195. The van der Waals surface area contributed by atoms with Gasteiger partial charge >= 0.3 is 0 Å². The number of fused-ring (bicyclic) bond motifs is 1. The van der Waals surface area contributed by atoms with E-state index in [0.717, 1.165) is 24.3 Å². The third kappa shape index (κ3) is 2.12. The summed E-state index contributed by atoms with van der Waals surface area (Å²) in [6, 6.07) is 0. The second-order valence-electron chi connectivity index (χ2n) is 6.30. The third-order valence-electron chi connectivity index (χ3n) is 3.90. The van der Waals surface area contributed by atoms with Gasteiger partial charge in [0.05, 0.1) is 0 Å². The molecule has 2 fully saturated rings. The van der Waals surface area contributed by atoms with Crippen LogP contribution in [0, 0.1) is 23.2 Å². The van der Waals surface area contributed by atoms with E-state index in [0.29, 0.717) is 5.41 Å². The van der Waals surface area contributed by atoms with Crippen LogP contribution < -0.4 is 5.73 Å². The van der Waals surface area contributed by atoms with E-state index in [1.54, 1.807) is 0 Å². The highest BCUT2D eigenvalue weighted by atomic mass is 15.2. The van der Waals surface area contributed by atoms with Crippen molar-refractivity contribution in [3.8, 4) is 0 Å². The molecule has 1 aliphatic heterocycles. The average molecular weight is 196 g/mol. The number of nitrogens with zero attached hydrogens (tertiary/aromatic N) is 1. The predicted octanol–water partition coefficient (Wildman–Crippen LogP) is 1.56. The van der Waals surface area contributed by atoms with Crippen LogP contribution in [-0.4, -0.2) is 31.1 Å². The first kappa shape index (κ1) is 10.4. The second kappa shape index (κ2) is 3.49. The number of hydrogen-bond donors (Lipinski definition) is 1. The smallest absolute Gasteiger partial charge is 0.00163 e. The number of piperidine rings is 1. The standard InChI is InChI=1S/C12H24N2/c1-12(2,3)4-5-14-7-10-9(6-13)11(10)8-14/h9-11H,4-8,13H2,1-3H3. The van der Waals surface area contributed by atoms with E-state index in [-0.39, 0.29) is 0 Å². The SMILES string of the molecule is CC(C)(C)CCN1CC2C(CN)C2C1. The van der Waals surface area contributed by atoms with Gasteiger partial charge < -0.3 is 10.6 Å². The van der Waals surface area contributed by atoms with Gasteiger partial charge in [0.15, 0.2) is 0 Å². The highest BCUT2D eigenvalue weighted by molar-refractivity contribution is 5.05. The zero-order valence-electron chi connectivity index (χ0n) is 9.79. The molecule has 82 valence electrons. The Balaban J connectivity index is 1.68. The van der Waals surface area contributed by atoms with Gasteiger partial charge in [-0.2, -0.15) is 0 Å². The molecule has 0 aromatic rings. The molecule has 1 saturated carbocycles. The van der Waals surface area contributed by atoms with Crippen LogP contribution in [0.2, 0.25) is 0 Å². The first-order valence-corrected chi connectivity index (χ1v) is 5.94. The molecule has 0 bridgehead atoms. The van der Waals surface area contributed by atoms with E-state index >= 15 is 0 Å². The van der Waals surface area contributed by atoms with Gasteiger partial charge in [-0.25, -0.2) is 0 Å². The van der Waals surface area contributed by atoms with Crippen molar-refractivity contribution in [2.75, 3.05) is 26.2 Å². The third-order valence-corrected chi connectivity index (χ3v) is 3.90. The van der Waals surface area contributed by atoms with Gasteiger partial charge in [0.25, 0.3) is 0 Å². The number of nitrogens with two attached hydrogens (primary N) is 1. The van der Waals surface area contributed by atoms with Crippen LogP contribution in [0.25, 0.3) is 0 Å². The molecule has 1 heterocycles. The van der Waals surface area contributed by atoms with Crippen molar-refractivity contribution < 1.29 is 0 Å². The minimum Gasteiger partial charge on any atom is -0.330 e. The van der Waals surface area contributed by atoms with E-state index < -0.39 is 0 Å². The average Bonchev–Trinajstić information content (AvgIpc) is 2.54. The van der Waals surface area contributed by atoms with Crippen LogP contribution in [0.1, 0.15) is 27.2 Å². The Morgan fingerprint density at radius 3 is 2.21 bits per heavy atom. The summed E-state index contributed by atoms with van der Waals surface area (Å²) in [7, 11) is 0. The summed E-state index contributed by atoms with van der Waals surface area (Å²) < 4.78 is 0. The van der Waals surface area contributed by atoms with Crippen LogP contribution in [-0.2, 0) is 0 Å². The quantitative estimate of drug-likeness (QED) is 0.742. The summed E-state index contributed by atoms with van der Waals surface area (Å²) in [5.41, 5.74) is 6.18. The number of likely N-dealkylation sites (tertiary alicyclic amines) is 1. The Morgan fingerprint density at radius 2 is 1.79 bits per heavy atom. The van der Waals surface area contributed by atoms with E-state index in [1.165, 1.54) is 26.1 Å². The van der Waals surface area contributed by atoms with Gasteiger partial charge in [0.2, 0.25) is 0 Å². The molecule has 2 rings (SSSR count). The molecule has 0 aromatic carbocycles. The molecular weight excluding hydrogens is 172 g/mol. The summed E-state index contributed by atoms with van der Waals surface area (Å²) in [4.78, 5) is 2.63. The summed E-state index contributed by atoms with van der Waals surface area (Å²) in [6.07, 6.45) is 1.32. The van der Waals surface area contributed by atoms with E-state index in [4.69, 9.17) is 5.73 Å². The second-order valence-corrected chi connectivity index (χ2v) is 6.30. The highest BCUT2D eigenvalue weighted by Crippen LogP contribution is 2.50. The lowest BCUT2D eigenvalue weighted by Crippen LogP contribution is -2.29. The Kier molecular flexibility index (Phi) is 2.61. The van der Waals surface area contributed by atoms with Gasteiger partial charge in [-0.05, 0) is 42.7 Å². The van der Waals surface area contributed by atoms with Gasteiger partial charge in [0, 0.05) is 13.1 Å². The van der Waals surface area contributed by atoms with Crippen LogP contribution in [0.5, 0.6) is 0 Å². The van der Waals surface area contributed by atoms with Crippen molar-refractivity contribution in [3.63, 3.8) is 0 Å². The van der Waals surface area contributed by atoms with Crippen molar-refractivity contribution >= 4 is 0 Å². The molecular formula is C12H24N2. The van der Waals surface area contributed by atoms with Crippen molar-refractivity contribution in [1.82, 2.24) is 4.90 Å². The molecule has 2 N–H and O–H groups in total. The predicted molar refractivity (Wildman–Crippen MR) is 60.0 cm³/mol. The molecule has 2 aliphatic rings. The Hall–Kier alpha value is -0.0800. The number of hydrogen-bond acceptors (Lipinski definition) is 2. The largest absolute Gasteiger partial charge is 0.330 e. The minimum atomic E-state index is 0.486. The van der Waals surface area contributed by atoms with Crippen molar-refractivity contribution in [2.45, 2.75) is 27.2 Å². The van der Waals surface area contributed by atoms with E-state index in [2.05, 4.69) is 25.7 Å². The maximum atomic E-state index is 5.69. The fourth-order valence-electron chi connectivity index (χ4n) is 2.76. The molecule has 0 spiro atoms. The zero-order chi connectivity index (χ0) is 10.3. The Morgan fingerprint density at radius 1 is 1.21 bits per heavy atom. The molecule has 2 nitrogen and oxygen atoms in total. The summed E-state index contributed by atoms with van der Waals surface area (Å²) in [5.74, 6) is 2.79. The van der Waals surface area contributed by atoms with Gasteiger partial charge in [-0.3, -0.25) is 0 Å².